The highest BCUT2D eigenvalue weighted by Crippen LogP contribution is 2.43. The molecule has 2 rings (SSSR count). The van der Waals surface area contributed by atoms with E-state index < -0.39 is 17.2 Å². The molecule has 1 heterocycles. The number of rotatable bonds is 4. The first kappa shape index (κ1) is 19.6. The number of methoxy groups -OCH3 is 2. The second-order valence-electron chi connectivity index (χ2n) is 5.24. The summed E-state index contributed by atoms with van der Waals surface area (Å²) in [6.45, 7) is 3.13. The summed E-state index contributed by atoms with van der Waals surface area (Å²) in [6, 6.07) is 5.53. The number of aryl methyl sites for hydroxylation is 2. The maximum Gasteiger partial charge on any atom is 0.513 e. The van der Waals surface area contributed by atoms with E-state index in [0.29, 0.717) is 0 Å². The lowest BCUT2D eigenvalue weighted by Gasteiger charge is -2.17. The predicted octanol–water partition coefficient (Wildman–Crippen LogP) is 3.56. The van der Waals surface area contributed by atoms with Crippen molar-refractivity contribution in [2.24, 2.45) is 0 Å². The van der Waals surface area contributed by atoms with Crippen LogP contribution in [0.15, 0.2) is 24.3 Å². The minimum Gasteiger partial charge on any atom is -0.437 e. The summed E-state index contributed by atoms with van der Waals surface area (Å²) in [5, 5.41) is 11.1. The van der Waals surface area contributed by atoms with Gasteiger partial charge in [-0.1, -0.05) is 12.1 Å². The van der Waals surface area contributed by atoms with Crippen molar-refractivity contribution in [3.63, 3.8) is 0 Å². The first-order valence-electron chi connectivity index (χ1n) is 7.56. The third-order valence-electron chi connectivity index (χ3n) is 3.50. The molecule has 0 atom stereocenters. The molecule has 10 nitrogen and oxygen atoms in total. The molecule has 27 heavy (non-hydrogen) atoms. The average molecular weight is 376 g/mol. The van der Waals surface area contributed by atoms with Gasteiger partial charge in [-0.05, 0) is 19.4 Å². The van der Waals surface area contributed by atoms with Gasteiger partial charge in [0.25, 0.3) is 5.69 Å². The van der Waals surface area contributed by atoms with Crippen LogP contribution in [0.3, 0.4) is 0 Å². The number of ether oxygens (including phenoxy) is 4. The summed E-state index contributed by atoms with van der Waals surface area (Å²) < 4.78 is 19.3. The smallest absolute Gasteiger partial charge is 0.437 e. The van der Waals surface area contributed by atoms with Crippen molar-refractivity contribution in [2.75, 3.05) is 14.2 Å². The quantitative estimate of drug-likeness (QED) is 0.447. The molecule has 0 aliphatic heterocycles. The van der Waals surface area contributed by atoms with Crippen LogP contribution in [0.1, 0.15) is 11.4 Å². The van der Waals surface area contributed by atoms with E-state index >= 15 is 0 Å². The Morgan fingerprint density at radius 2 is 1.52 bits per heavy atom. The molecule has 0 fully saturated rings. The molecule has 0 saturated carbocycles. The van der Waals surface area contributed by atoms with Crippen LogP contribution in [0.2, 0.25) is 0 Å². The molecule has 142 valence electrons. The summed E-state index contributed by atoms with van der Waals surface area (Å²) >= 11 is 0. The van der Waals surface area contributed by atoms with Gasteiger partial charge in [-0.15, -0.1) is 0 Å². The highest BCUT2D eigenvalue weighted by molar-refractivity contribution is 5.84. The van der Waals surface area contributed by atoms with Gasteiger partial charge in [-0.2, -0.15) is 0 Å². The molecule has 0 saturated heterocycles. The van der Waals surface area contributed by atoms with Crippen LogP contribution in [0.5, 0.6) is 11.5 Å². The molecule has 0 unspecified atom stereocenters. The van der Waals surface area contributed by atoms with Gasteiger partial charge < -0.3 is 18.9 Å². The Labute approximate surface area is 153 Å². The summed E-state index contributed by atoms with van der Waals surface area (Å²) in [4.78, 5) is 38.0. The molecule has 0 aliphatic carbocycles. The third-order valence-corrected chi connectivity index (χ3v) is 3.50. The molecule has 10 heteroatoms. The number of aromatic nitrogens is 1. The Balaban J connectivity index is 2.79. The predicted molar refractivity (Wildman–Crippen MR) is 91.9 cm³/mol. The second-order valence-corrected chi connectivity index (χ2v) is 5.24. The lowest BCUT2D eigenvalue weighted by molar-refractivity contribution is -0.384. The Bertz CT molecular complexity index is 868. The number of nitro benzene ring substituents is 1. The first-order valence-corrected chi connectivity index (χ1v) is 7.56. The number of carbonyl (C=O) groups is 2. The van der Waals surface area contributed by atoms with Crippen molar-refractivity contribution in [1.29, 1.82) is 0 Å². The van der Waals surface area contributed by atoms with Crippen LogP contribution >= 0.6 is 0 Å². The van der Waals surface area contributed by atoms with Gasteiger partial charge in [-0.3, -0.25) is 15.1 Å². The van der Waals surface area contributed by atoms with Gasteiger partial charge in [0, 0.05) is 12.1 Å². The maximum atomic E-state index is 11.7. The summed E-state index contributed by atoms with van der Waals surface area (Å²) in [5.74, 6) is -0.126. The Morgan fingerprint density at radius 1 is 1.00 bits per heavy atom. The molecule has 0 spiro atoms. The van der Waals surface area contributed by atoms with Crippen LogP contribution in [0, 0.1) is 24.0 Å². The Kier molecular flexibility index (Phi) is 5.91. The minimum absolute atomic E-state index is 0.0631. The molecule has 0 bridgehead atoms. The number of benzene rings is 1. The largest absolute Gasteiger partial charge is 0.513 e. The van der Waals surface area contributed by atoms with Gasteiger partial charge in [0.05, 0.1) is 36.1 Å². The molecular weight excluding hydrogens is 360 g/mol. The molecule has 0 amide bonds. The maximum absolute atomic E-state index is 11.7. The van der Waals surface area contributed by atoms with Crippen molar-refractivity contribution >= 4 is 18.0 Å². The van der Waals surface area contributed by atoms with Crippen LogP contribution in [0.4, 0.5) is 15.3 Å². The van der Waals surface area contributed by atoms with E-state index in [1.165, 1.54) is 24.3 Å². The molecular formula is C17H16N2O8. The van der Waals surface area contributed by atoms with E-state index in [1.807, 2.05) is 0 Å². The van der Waals surface area contributed by atoms with Gasteiger partial charge in [0.2, 0.25) is 0 Å². The van der Waals surface area contributed by atoms with E-state index in [0.717, 1.165) is 14.2 Å². The molecule has 1 aromatic heterocycles. The molecule has 0 N–H and O–H groups in total. The minimum atomic E-state index is -1.03. The van der Waals surface area contributed by atoms with Gasteiger partial charge in [0.15, 0.2) is 11.5 Å². The number of hydrogen-bond acceptors (Lipinski definition) is 9. The monoisotopic (exact) mass is 376 g/mol. The van der Waals surface area contributed by atoms with Crippen LogP contribution in [0.25, 0.3) is 11.1 Å². The lowest BCUT2D eigenvalue weighted by Crippen LogP contribution is -2.14. The molecule has 0 radical (unpaired) electrons. The van der Waals surface area contributed by atoms with Crippen LogP contribution in [-0.4, -0.2) is 36.4 Å². The summed E-state index contributed by atoms with van der Waals surface area (Å²) in [5.41, 5.74) is 0.774. The number of pyridine rings is 1. The molecule has 2 aromatic rings. The number of non-ortho nitro benzene ring substituents is 1. The highest BCUT2D eigenvalue weighted by Gasteiger charge is 2.25. The van der Waals surface area contributed by atoms with E-state index in [9.17, 15) is 19.7 Å². The van der Waals surface area contributed by atoms with Crippen molar-refractivity contribution in [1.82, 2.24) is 4.98 Å². The van der Waals surface area contributed by atoms with Crippen molar-refractivity contribution in [3.05, 3.63) is 45.8 Å². The number of hydrogen-bond donors (Lipinski definition) is 0. The fraction of sp³-hybridized carbons (Fsp3) is 0.235. The van der Waals surface area contributed by atoms with Gasteiger partial charge in [0.1, 0.15) is 0 Å². The Hall–Kier alpha value is -3.69. The topological polar surface area (TPSA) is 127 Å². The normalized spacial score (nSPS) is 10.1. The number of carbonyl (C=O) groups excluding carboxylic acids is 2. The van der Waals surface area contributed by atoms with Crippen molar-refractivity contribution < 1.29 is 33.5 Å². The zero-order valence-electron chi connectivity index (χ0n) is 15.0. The number of nitrogens with zero attached hydrogens (tertiary/aromatic N) is 2. The SMILES string of the molecule is COC(=O)Oc1c(C)nc(C)c(OC(=O)OC)c1-c1cccc([N+](=O)[O-])c1. The zero-order chi connectivity index (χ0) is 20.1. The second kappa shape index (κ2) is 8.13. The van der Waals surface area contributed by atoms with E-state index in [2.05, 4.69) is 14.5 Å². The fourth-order valence-electron chi connectivity index (χ4n) is 2.35. The summed E-state index contributed by atoms with van der Waals surface area (Å²) in [6.07, 6.45) is -2.06. The molecule has 0 aliphatic rings. The van der Waals surface area contributed by atoms with Crippen LogP contribution < -0.4 is 9.47 Å². The van der Waals surface area contributed by atoms with E-state index in [-0.39, 0.29) is 39.7 Å². The average Bonchev–Trinajstić information content (AvgIpc) is 2.65. The lowest BCUT2D eigenvalue weighted by atomic mass is 10.0. The van der Waals surface area contributed by atoms with E-state index in [1.54, 1.807) is 13.8 Å². The zero-order valence-corrected chi connectivity index (χ0v) is 15.0. The fourth-order valence-corrected chi connectivity index (χ4v) is 2.35. The third kappa shape index (κ3) is 4.29. The first-order chi connectivity index (χ1) is 12.8. The van der Waals surface area contributed by atoms with Gasteiger partial charge >= 0.3 is 12.3 Å². The highest BCUT2D eigenvalue weighted by atomic mass is 16.7. The Morgan fingerprint density at radius 3 is 1.96 bits per heavy atom. The van der Waals surface area contributed by atoms with Crippen molar-refractivity contribution in [2.45, 2.75) is 13.8 Å². The van der Waals surface area contributed by atoms with Crippen LogP contribution in [-0.2, 0) is 9.47 Å². The van der Waals surface area contributed by atoms with Gasteiger partial charge in [-0.25, -0.2) is 9.59 Å². The molecule has 1 aromatic carbocycles. The van der Waals surface area contributed by atoms with Crippen molar-refractivity contribution in [3.8, 4) is 22.6 Å². The van der Waals surface area contributed by atoms with E-state index in [4.69, 9.17) is 9.47 Å². The number of nitro groups is 1. The standard InChI is InChI=1S/C17H16N2O8/c1-9-14(26-16(20)24-3)13(11-6-5-7-12(8-11)19(22)23)15(10(2)18-9)27-17(21)25-4/h5-8H,1-4H3. The summed E-state index contributed by atoms with van der Waals surface area (Å²) in [7, 11) is 2.25.